The summed E-state index contributed by atoms with van der Waals surface area (Å²) in [5, 5.41) is 3.85. The van der Waals surface area contributed by atoms with Crippen LogP contribution in [0.5, 0.6) is 5.75 Å². The van der Waals surface area contributed by atoms with Crippen LogP contribution in [0.2, 0.25) is 10.0 Å². The third-order valence-corrected chi connectivity index (χ3v) is 5.55. The van der Waals surface area contributed by atoms with E-state index in [-0.39, 0.29) is 14.9 Å². The fourth-order valence-electron chi connectivity index (χ4n) is 2.31. The highest BCUT2D eigenvalue weighted by Gasteiger charge is 2.21. The van der Waals surface area contributed by atoms with Crippen LogP contribution in [0.3, 0.4) is 0 Å². The molecule has 0 amide bonds. The number of rotatable bonds is 7. The molecular weight excluding hydrogens is 399 g/mol. The largest absolute Gasteiger partial charge is 0.496 e. The van der Waals surface area contributed by atoms with Crippen LogP contribution in [-0.2, 0) is 21.4 Å². The first-order valence-electron chi connectivity index (χ1n) is 7.45. The van der Waals surface area contributed by atoms with E-state index in [0.717, 1.165) is 11.1 Å². The summed E-state index contributed by atoms with van der Waals surface area (Å²) in [5.41, 5.74) is 2.24. The third kappa shape index (κ3) is 4.88. The summed E-state index contributed by atoms with van der Waals surface area (Å²) >= 11 is 12.0. The Labute approximate surface area is 162 Å². The highest BCUT2D eigenvalue weighted by atomic mass is 35.5. The van der Waals surface area contributed by atoms with E-state index in [1.54, 1.807) is 39.3 Å². The highest BCUT2D eigenvalue weighted by Crippen LogP contribution is 2.30. The molecule has 0 saturated heterocycles. The molecule has 0 aliphatic carbocycles. The Bertz CT molecular complexity index is 907. The Kier molecular flexibility index (Phi) is 6.88. The summed E-state index contributed by atoms with van der Waals surface area (Å²) in [6.45, 7) is 2.12. The van der Waals surface area contributed by atoms with Crippen molar-refractivity contribution in [3.63, 3.8) is 0 Å². The molecular formula is C17H18Cl2N2O4S. The quantitative estimate of drug-likeness (QED) is 0.550. The van der Waals surface area contributed by atoms with Gasteiger partial charge in [-0.3, -0.25) is 0 Å². The molecule has 6 nitrogen and oxygen atoms in total. The van der Waals surface area contributed by atoms with Gasteiger partial charge in [-0.05, 0) is 48.4 Å². The van der Waals surface area contributed by atoms with E-state index in [1.165, 1.54) is 18.3 Å². The normalized spacial score (nSPS) is 11.7. The number of hydrogen-bond donors (Lipinski definition) is 1. The van der Waals surface area contributed by atoms with Crippen LogP contribution in [0.1, 0.15) is 16.7 Å². The van der Waals surface area contributed by atoms with Gasteiger partial charge in [0, 0.05) is 12.7 Å². The summed E-state index contributed by atoms with van der Waals surface area (Å²) in [6, 6.07) is 8.31. The van der Waals surface area contributed by atoms with Gasteiger partial charge in [0.15, 0.2) is 0 Å². The van der Waals surface area contributed by atoms with Gasteiger partial charge in [-0.15, -0.1) is 0 Å². The number of benzene rings is 2. The van der Waals surface area contributed by atoms with Gasteiger partial charge in [-0.25, -0.2) is 0 Å². The molecule has 2 rings (SSSR count). The van der Waals surface area contributed by atoms with Crippen LogP contribution in [0.15, 0.2) is 40.3 Å². The van der Waals surface area contributed by atoms with Crippen LogP contribution < -0.4 is 9.57 Å². The number of nitrogens with one attached hydrogen (secondary N) is 1. The molecule has 0 fully saturated rings. The Morgan fingerprint density at radius 1 is 1.15 bits per heavy atom. The van der Waals surface area contributed by atoms with E-state index in [4.69, 9.17) is 32.7 Å². The van der Waals surface area contributed by atoms with Gasteiger partial charge in [0.1, 0.15) is 10.6 Å². The maximum atomic E-state index is 12.4. The zero-order valence-corrected chi connectivity index (χ0v) is 16.7. The van der Waals surface area contributed by atoms with Gasteiger partial charge < -0.3 is 9.47 Å². The summed E-state index contributed by atoms with van der Waals surface area (Å²) < 4.78 is 35.2. The first kappa shape index (κ1) is 20.5. The molecule has 1 N–H and O–H groups in total. The fraction of sp³-hybridized carbons (Fsp3) is 0.235. The summed E-state index contributed by atoms with van der Waals surface area (Å²) in [4.78, 5) is 1.91. The summed E-state index contributed by atoms with van der Waals surface area (Å²) in [7, 11) is -0.869. The van der Waals surface area contributed by atoms with Gasteiger partial charge in [0.25, 0.3) is 10.0 Å². The monoisotopic (exact) mass is 416 g/mol. The molecule has 0 aliphatic rings. The van der Waals surface area contributed by atoms with Crippen molar-refractivity contribution in [3.8, 4) is 5.75 Å². The first-order chi connectivity index (χ1) is 12.3. The van der Waals surface area contributed by atoms with Crippen molar-refractivity contribution in [2.45, 2.75) is 18.4 Å². The van der Waals surface area contributed by atoms with Crippen molar-refractivity contribution in [3.05, 3.63) is 57.1 Å². The van der Waals surface area contributed by atoms with Crippen molar-refractivity contribution >= 4 is 39.4 Å². The van der Waals surface area contributed by atoms with Gasteiger partial charge in [-0.1, -0.05) is 23.2 Å². The molecule has 0 atom stereocenters. The lowest BCUT2D eigenvalue weighted by atomic mass is 10.1. The number of sulfonamides is 1. The molecule has 140 valence electrons. The van der Waals surface area contributed by atoms with Crippen molar-refractivity contribution in [1.82, 2.24) is 4.83 Å². The lowest BCUT2D eigenvalue weighted by Gasteiger charge is -2.09. The number of nitrogens with zero attached hydrogens (tertiary/aromatic N) is 1. The highest BCUT2D eigenvalue weighted by molar-refractivity contribution is 7.89. The standard InChI is InChI=1S/C17H18Cl2N2O4S/c1-11-6-14(18)17(15(19)7-11)26(22,23)21-20-9-12-4-5-16(25-3)13(8-12)10-24-2/h4-9,21H,10H2,1-3H3/b20-9+. The lowest BCUT2D eigenvalue weighted by Crippen LogP contribution is -2.19. The second-order valence-corrected chi connectivity index (χ2v) is 7.83. The predicted molar refractivity (Wildman–Crippen MR) is 103 cm³/mol. The number of hydrazone groups is 1. The minimum atomic E-state index is -4.00. The van der Waals surface area contributed by atoms with Crippen molar-refractivity contribution in [2.24, 2.45) is 5.10 Å². The predicted octanol–water partition coefficient (Wildman–Crippen LogP) is 3.77. The summed E-state index contributed by atoms with van der Waals surface area (Å²) in [6.07, 6.45) is 1.37. The molecule has 26 heavy (non-hydrogen) atoms. The smallest absolute Gasteiger partial charge is 0.279 e. The van der Waals surface area contributed by atoms with Crippen molar-refractivity contribution < 1.29 is 17.9 Å². The van der Waals surface area contributed by atoms with Gasteiger partial charge in [0.05, 0.1) is 30.0 Å². The molecule has 2 aromatic carbocycles. The topological polar surface area (TPSA) is 77.0 Å². The lowest BCUT2D eigenvalue weighted by molar-refractivity contribution is 0.181. The number of ether oxygens (including phenoxy) is 2. The second-order valence-electron chi connectivity index (χ2n) is 5.41. The zero-order valence-electron chi connectivity index (χ0n) is 14.4. The molecule has 0 saturated carbocycles. The molecule has 0 radical (unpaired) electrons. The number of hydrogen-bond acceptors (Lipinski definition) is 5. The Balaban J connectivity index is 2.24. The van der Waals surface area contributed by atoms with E-state index in [1.807, 2.05) is 0 Å². The summed E-state index contributed by atoms with van der Waals surface area (Å²) in [5.74, 6) is 0.669. The average molecular weight is 417 g/mol. The van der Waals surface area contributed by atoms with Crippen LogP contribution in [-0.4, -0.2) is 28.9 Å². The van der Waals surface area contributed by atoms with E-state index in [0.29, 0.717) is 17.9 Å². The molecule has 0 bridgehead atoms. The minimum Gasteiger partial charge on any atom is -0.496 e. The van der Waals surface area contributed by atoms with Crippen LogP contribution in [0, 0.1) is 6.92 Å². The van der Waals surface area contributed by atoms with Crippen molar-refractivity contribution in [2.75, 3.05) is 14.2 Å². The van der Waals surface area contributed by atoms with E-state index >= 15 is 0 Å². The van der Waals surface area contributed by atoms with E-state index in [2.05, 4.69) is 9.93 Å². The number of halogens is 2. The maximum absolute atomic E-state index is 12.4. The van der Waals surface area contributed by atoms with Crippen LogP contribution in [0.25, 0.3) is 0 Å². The average Bonchev–Trinajstić information content (AvgIpc) is 2.54. The molecule has 0 unspecified atom stereocenters. The molecule has 0 aliphatic heterocycles. The maximum Gasteiger partial charge on any atom is 0.279 e. The number of aryl methyl sites for hydroxylation is 1. The zero-order chi connectivity index (χ0) is 19.3. The minimum absolute atomic E-state index is 0.0320. The van der Waals surface area contributed by atoms with E-state index in [9.17, 15) is 8.42 Å². The SMILES string of the molecule is COCc1cc(/C=N/NS(=O)(=O)c2c(Cl)cc(C)cc2Cl)ccc1OC. The molecule has 0 aromatic heterocycles. The molecule has 0 heterocycles. The Morgan fingerprint density at radius 2 is 1.81 bits per heavy atom. The van der Waals surface area contributed by atoms with E-state index < -0.39 is 10.0 Å². The first-order valence-corrected chi connectivity index (χ1v) is 9.68. The number of methoxy groups -OCH3 is 2. The van der Waals surface area contributed by atoms with Gasteiger partial charge in [0.2, 0.25) is 0 Å². The van der Waals surface area contributed by atoms with Crippen LogP contribution >= 0.6 is 23.2 Å². The van der Waals surface area contributed by atoms with Gasteiger partial charge in [-0.2, -0.15) is 18.4 Å². The van der Waals surface area contributed by atoms with Gasteiger partial charge >= 0.3 is 0 Å². The van der Waals surface area contributed by atoms with Crippen molar-refractivity contribution in [1.29, 1.82) is 0 Å². The Hall–Kier alpha value is -1.80. The molecule has 2 aromatic rings. The Morgan fingerprint density at radius 3 is 2.38 bits per heavy atom. The third-order valence-electron chi connectivity index (χ3n) is 3.40. The fourth-order valence-corrected chi connectivity index (χ4v) is 4.43. The van der Waals surface area contributed by atoms with Crippen LogP contribution in [0.4, 0.5) is 0 Å². The second kappa shape index (κ2) is 8.73. The molecule has 9 heteroatoms. The molecule has 0 spiro atoms.